The van der Waals surface area contributed by atoms with Gasteiger partial charge in [-0.1, -0.05) is 30.3 Å². The molecule has 2 saturated heterocycles. The van der Waals surface area contributed by atoms with Crippen molar-refractivity contribution in [2.45, 2.75) is 44.1 Å². The van der Waals surface area contributed by atoms with E-state index in [0.717, 1.165) is 12.5 Å². The molecule has 1 N–H and O–H groups in total. The standard InChI is InChI=1S/C20H27N3S/c1-2-5-16(6-3-1)13-18-14-21-22-20(18)17-7-4-10-23(15-17)19-8-11-24-12-9-19/h1-3,5-6,14,17,19H,4,7-13,15H2,(H,21,22). The predicted molar refractivity (Wildman–Crippen MR) is 102 cm³/mol. The number of nitrogens with zero attached hydrogens (tertiary/aromatic N) is 2. The molecule has 3 nitrogen and oxygen atoms in total. The van der Waals surface area contributed by atoms with Gasteiger partial charge in [0.2, 0.25) is 0 Å². The normalized spacial score (nSPS) is 23.4. The summed E-state index contributed by atoms with van der Waals surface area (Å²) in [5.41, 5.74) is 4.14. The third kappa shape index (κ3) is 3.70. The van der Waals surface area contributed by atoms with E-state index < -0.39 is 0 Å². The summed E-state index contributed by atoms with van der Waals surface area (Å²) in [6, 6.07) is 11.6. The van der Waals surface area contributed by atoms with Gasteiger partial charge in [0.25, 0.3) is 0 Å². The van der Waals surface area contributed by atoms with Gasteiger partial charge in [-0.05, 0) is 54.9 Å². The second kappa shape index (κ2) is 7.75. The van der Waals surface area contributed by atoms with Crippen LogP contribution in [0.25, 0.3) is 0 Å². The first-order valence-corrected chi connectivity index (χ1v) is 10.4. The zero-order valence-electron chi connectivity index (χ0n) is 14.3. The molecule has 4 rings (SSSR count). The van der Waals surface area contributed by atoms with Crippen molar-refractivity contribution >= 4 is 11.8 Å². The van der Waals surface area contributed by atoms with Crippen molar-refractivity contribution in [3.05, 3.63) is 53.3 Å². The predicted octanol–water partition coefficient (Wildman–Crippen LogP) is 4.08. The van der Waals surface area contributed by atoms with Crippen molar-refractivity contribution in [3.8, 4) is 0 Å². The lowest BCUT2D eigenvalue weighted by Gasteiger charge is -2.39. The van der Waals surface area contributed by atoms with Gasteiger partial charge >= 0.3 is 0 Å². The highest BCUT2D eigenvalue weighted by Crippen LogP contribution is 2.32. The minimum absolute atomic E-state index is 0.620. The van der Waals surface area contributed by atoms with Gasteiger partial charge in [-0.3, -0.25) is 10.00 Å². The molecule has 1 atom stereocenters. The molecule has 2 fully saturated rings. The number of aromatic amines is 1. The summed E-state index contributed by atoms with van der Waals surface area (Å²) in [7, 11) is 0. The number of hydrogen-bond acceptors (Lipinski definition) is 3. The second-order valence-corrected chi connectivity index (χ2v) is 8.37. The highest BCUT2D eigenvalue weighted by molar-refractivity contribution is 7.99. The summed E-state index contributed by atoms with van der Waals surface area (Å²) in [6.07, 6.45) is 8.39. The smallest absolute Gasteiger partial charge is 0.0525 e. The Bertz CT molecular complexity index is 633. The van der Waals surface area contributed by atoms with Gasteiger partial charge in [0.05, 0.1) is 6.20 Å². The van der Waals surface area contributed by atoms with E-state index in [1.54, 1.807) is 0 Å². The average molecular weight is 342 g/mol. The summed E-state index contributed by atoms with van der Waals surface area (Å²) in [6.45, 7) is 2.49. The molecule has 1 unspecified atom stereocenters. The van der Waals surface area contributed by atoms with Gasteiger partial charge in [0, 0.05) is 30.6 Å². The van der Waals surface area contributed by atoms with Gasteiger partial charge in [-0.25, -0.2) is 0 Å². The lowest BCUT2D eigenvalue weighted by Crippen LogP contribution is -2.43. The summed E-state index contributed by atoms with van der Waals surface area (Å²) < 4.78 is 0. The molecule has 0 amide bonds. The SMILES string of the molecule is c1ccc(Cc2cn[nH]c2C2CCCN(C3CCSCC3)C2)cc1. The first-order chi connectivity index (χ1) is 11.9. The molecule has 2 aromatic rings. The molecular weight excluding hydrogens is 314 g/mol. The van der Waals surface area contributed by atoms with Crippen LogP contribution in [-0.4, -0.2) is 45.7 Å². The molecule has 1 aromatic carbocycles. The Labute approximate surface area is 149 Å². The molecule has 1 aromatic heterocycles. The maximum Gasteiger partial charge on any atom is 0.0525 e. The number of piperidine rings is 1. The molecule has 0 saturated carbocycles. The highest BCUT2D eigenvalue weighted by atomic mass is 32.2. The van der Waals surface area contributed by atoms with Crippen LogP contribution in [0.4, 0.5) is 0 Å². The van der Waals surface area contributed by atoms with Crippen molar-refractivity contribution < 1.29 is 0 Å². The first-order valence-electron chi connectivity index (χ1n) is 9.28. The number of benzene rings is 1. The van der Waals surface area contributed by atoms with E-state index in [1.165, 1.54) is 67.1 Å². The fourth-order valence-corrected chi connectivity index (χ4v) is 5.34. The van der Waals surface area contributed by atoms with Crippen molar-refractivity contribution in [1.82, 2.24) is 15.1 Å². The molecule has 0 radical (unpaired) electrons. The topological polar surface area (TPSA) is 31.9 Å². The molecule has 2 aliphatic heterocycles. The molecule has 2 aliphatic rings. The zero-order chi connectivity index (χ0) is 16.2. The van der Waals surface area contributed by atoms with Crippen molar-refractivity contribution in [1.29, 1.82) is 0 Å². The molecule has 4 heteroatoms. The fraction of sp³-hybridized carbons (Fsp3) is 0.550. The van der Waals surface area contributed by atoms with Gasteiger partial charge in [-0.15, -0.1) is 0 Å². The summed E-state index contributed by atoms with van der Waals surface area (Å²) in [5.74, 6) is 3.30. The van der Waals surface area contributed by atoms with E-state index in [0.29, 0.717) is 5.92 Å². The first kappa shape index (κ1) is 16.2. The average Bonchev–Trinajstić information content (AvgIpc) is 3.12. The number of nitrogens with one attached hydrogen (secondary N) is 1. The Balaban J connectivity index is 1.46. The Hall–Kier alpha value is -1.26. The van der Waals surface area contributed by atoms with Gasteiger partial charge in [0.15, 0.2) is 0 Å². The molecule has 0 aliphatic carbocycles. The lowest BCUT2D eigenvalue weighted by molar-refractivity contribution is 0.139. The van der Waals surface area contributed by atoms with Crippen LogP contribution in [0, 0.1) is 0 Å². The van der Waals surface area contributed by atoms with Crippen LogP contribution in [0.2, 0.25) is 0 Å². The van der Waals surface area contributed by atoms with E-state index in [2.05, 4.69) is 57.2 Å². The van der Waals surface area contributed by atoms with Crippen LogP contribution in [0.5, 0.6) is 0 Å². The van der Waals surface area contributed by atoms with E-state index >= 15 is 0 Å². The quantitative estimate of drug-likeness (QED) is 0.909. The minimum atomic E-state index is 0.620. The van der Waals surface area contributed by atoms with Crippen molar-refractivity contribution in [3.63, 3.8) is 0 Å². The Morgan fingerprint density at radius 3 is 2.79 bits per heavy atom. The van der Waals surface area contributed by atoms with Crippen LogP contribution in [0.1, 0.15) is 48.4 Å². The van der Waals surface area contributed by atoms with Crippen molar-refractivity contribution in [2.24, 2.45) is 0 Å². The van der Waals surface area contributed by atoms with Crippen molar-refractivity contribution in [2.75, 3.05) is 24.6 Å². The summed E-state index contributed by atoms with van der Waals surface area (Å²) in [5, 5.41) is 7.72. The number of rotatable bonds is 4. The largest absolute Gasteiger partial charge is 0.300 e. The Morgan fingerprint density at radius 2 is 1.96 bits per heavy atom. The number of hydrogen-bond donors (Lipinski definition) is 1. The molecule has 0 spiro atoms. The second-order valence-electron chi connectivity index (χ2n) is 7.15. The third-order valence-electron chi connectivity index (χ3n) is 5.56. The molecule has 0 bridgehead atoms. The lowest BCUT2D eigenvalue weighted by atomic mass is 9.89. The van der Waals surface area contributed by atoms with Crippen LogP contribution in [-0.2, 0) is 6.42 Å². The maximum absolute atomic E-state index is 4.38. The van der Waals surface area contributed by atoms with E-state index in [4.69, 9.17) is 0 Å². The Kier molecular flexibility index (Phi) is 5.24. The van der Waals surface area contributed by atoms with Crippen LogP contribution < -0.4 is 0 Å². The molecule has 24 heavy (non-hydrogen) atoms. The monoisotopic (exact) mass is 341 g/mol. The van der Waals surface area contributed by atoms with Crippen LogP contribution >= 0.6 is 11.8 Å². The zero-order valence-corrected chi connectivity index (χ0v) is 15.1. The van der Waals surface area contributed by atoms with E-state index in [-0.39, 0.29) is 0 Å². The Morgan fingerprint density at radius 1 is 1.12 bits per heavy atom. The fourth-order valence-electron chi connectivity index (χ4n) is 4.26. The van der Waals surface area contributed by atoms with Crippen LogP contribution in [0.15, 0.2) is 36.5 Å². The third-order valence-corrected chi connectivity index (χ3v) is 6.61. The number of H-pyrrole nitrogens is 1. The maximum atomic E-state index is 4.38. The highest BCUT2D eigenvalue weighted by Gasteiger charge is 2.29. The minimum Gasteiger partial charge on any atom is -0.300 e. The number of likely N-dealkylation sites (tertiary alicyclic amines) is 1. The molecule has 3 heterocycles. The summed E-state index contributed by atoms with van der Waals surface area (Å²) in [4.78, 5) is 2.76. The molecular formula is C20H27N3S. The van der Waals surface area contributed by atoms with E-state index in [1.807, 2.05) is 6.20 Å². The number of aromatic nitrogens is 2. The summed E-state index contributed by atoms with van der Waals surface area (Å²) >= 11 is 2.12. The number of thioether (sulfide) groups is 1. The molecule has 128 valence electrons. The van der Waals surface area contributed by atoms with Gasteiger partial charge in [0.1, 0.15) is 0 Å². The van der Waals surface area contributed by atoms with Gasteiger partial charge < -0.3 is 0 Å². The van der Waals surface area contributed by atoms with E-state index in [9.17, 15) is 0 Å². The van der Waals surface area contributed by atoms with Crippen LogP contribution in [0.3, 0.4) is 0 Å². The van der Waals surface area contributed by atoms with Gasteiger partial charge in [-0.2, -0.15) is 16.9 Å².